The summed E-state index contributed by atoms with van der Waals surface area (Å²) >= 11 is 7.91. The standard InChI is InChI=1S/C34H31ClN2O5S/c1-22-32(36-34(39)41-17-15-25-5-3-4-6-30(25)35)33(42-37-22)29-14-13-27-19-26(11-12-28(27)20-29)24-9-7-23(8-10-24)21-43-18-16-31(38)40-2/h3-14,19-20H,15-18,21H2,1-2H3,(H,36,39). The van der Waals surface area contributed by atoms with Gasteiger partial charge in [0.2, 0.25) is 0 Å². The lowest BCUT2D eigenvalue weighted by atomic mass is 9.98. The molecule has 1 aromatic heterocycles. The van der Waals surface area contributed by atoms with Crippen LogP contribution in [0.25, 0.3) is 33.2 Å². The van der Waals surface area contributed by atoms with Crippen LogP contribution in [-0.2, 0) is 26.4 Å². The molecule has 9 heteroatoms. The molecule has 5 rings (SSSR count). The molecule has 0 unspecified atom stereocenters. The second kappa shape index (κ2) is 14.3. The van der Waals surface area contributed by atoms with Crippen molar-refractivity contribution in [3.8, 4) is 22.5 Å². The molecule has 0 spiro atoms. The summed E-state index contributed by atoms with van der Waals surface area (Å²) in [6, 6.07) is 28.3. The Morgan fingerprint density at radius 3 is 2.37 bits per heavy atom. The number of anilines is 1. The maximum Gasteiger partial charge on any atom is 0.411 e. The highest BCUT2D eigenvalue weighted by Gasteiger charge is 2.19. The van der Waals surface area contributed by atoms with E-state index in [0.29, 0.717) is 35.0 Å². The first-order valence-corrected chi connectivity index (χ1v) is 15.4. The summed E-state index contributed by atoms with van der Waals surface area (Å²) in [5.74, 6) is 1.86. The first-order chi connectivity index (χ1) is 20.9. The Morgan fingerprint density at radius 2 is 1.63 bits per heavy atom. The second-order valence-electron chi connectivity index (χ2n) is 9.93. The SMILES string of the molecule is COC(=O)CCSCc1ccc(-c2ccc3cc(-c4onc(C)c4NC(=O)OCCc4ccccc4Cl)ccc3c2)cc1. The highest BCUT2D eigenvalue weighted by atomic mass is 35.5. The van der Waals surface area contributed by atoms with E-state index in [4.69, 9.17) is 25.6 Å². The molecule has 43 heavy (non-hydrogen) atoms. The van der Waals surface area contributed by atoms with E-state index in [1.54, 1.807) is 18.7 Å². The third-order valence-corrected chi connectivity index (χ3v) is 8.39. The number of aryl methyl sites for hydroxylation is 1. The number of methoxy groups -OCH3 is 1. The monoisotopic (exact) mass is 614 g/mol. The van der Waals surface area contributed by atoms with Gasteiger partial charge in [-0.25, -0.2) is 4.79 Å². The van der Waals surface area contributed by atoms with Crippen LogP contribution in [0.2, 0.25) is 5.02 Å². The number of benzene rings is 4. The number of carbonyl (C=O) groups excluding carboxylic acids is 2. The van der Waals surface area contributed by atoms with Crippen molar-refractivity contribution in [3.05, 3.63) is 107 Å². The van der Waals surface area contributed by atoms with Crippen LogP contribution in [0, 0.1) is 6.92 Å². The number of rotatable bonds is 11. The molecule has 4 aromatic carbocycles. The number of aromatic nitrogens is 1. The first-order valence-electron chi connectivity index (χ1n) is 13.8. The van der Waals surface area contributed by atoms with Crippen LogP contribution in [0.5, 0.6) is 0 Å². The first kappa shape index (κ1) is 30.2. The van der Waals surface area contributed by atoms with Gasteiger partial charge in [-0.15, -0.1) is 0 Å². The minimum atomic E-state index is -0.587. The molecule has 7 nitrogen and oxygen atoms in total. The largest absolute Gasteiger partial charge is 0.469 e. The van der Waals surface area contributed by atoms with Crippen LogP contribution in [0.1, 0.15) is 23.2 Å². The molecule has 1 amide bonds. The molecule has 0 aliphatic rings. The van der Waals surface area contributed by atoms with Crippen molar-refractivity contribution in [1.82, 2.24) is 5.16 Å². The normalized spacial score (nSPS) is 11.0. The predicted octanol–water partition coefficient (Wildman–Crippen LogP) is 8.71. The summed E-state index contributed by atoms with van der Waals surface area (Å²) in [5.41, 5.74) is 6.18. The fraction of sp³-hybridized carbons (Fsp3) is 0.206. The van der Waals surface area contributed by atoms with E-state index < -0.39 is 6.09 Å². The number of nitrogens with one attached hydrogen (secondary N) is 1. The molecular weight excluding hydrogens is 584 g/mol. The molecule has 0 fully saturated rings. The van der Waals surface area contributed by atoms with E-state index in [1.807, 2.05) is 42.5 Å². The summed E-state index contributed by atoms with van der Waals surface area (Å²) in [4.78, 5) is 23.8. The van der Waals surface area contributed by atoms with E-state index in [2.05, 4.69) is 52.9 Å². The van der Waals surface area contributed by atoms with Gasteiger partial charge in [0.1, 0.15) is 11.4 Å². The number of nitrogens with zero attached hydrogens (tertiary/aromatic N) is 1. The molecule has 0 saturated carbocycles. The van der Waals surface area contributed by atoms with Crippen LogP contribution in [0.3, 0.4) is 0 Å². The van der Waals surface area contributed by atoms with Gasteiger partial charge in [0, 0.05) is 28.5 Å². The van der Waals surface area contributed by atoms with Crippen LogP contribution >= 0.6 is 23.4 Å². The number of amides is 1. The summed E-state index contributed by atoms with van der Waals surface area (Å²) in [5, 5.41) is 9.62. The number of ether oxygens (including phenoxy) is 2. The number of carbonyl (C=O) groups is 2. The van der Waals surface area contributed by atoms with Crippen molar-refractivity contribution in [1.29, 1.82) is 0 Å². The number of thioether (sulfide) groups is 1. The molecule has 5 aromatic rings. The van der Waals surface area contributed by atoms with E-state index in [1.165, 1.54) is 12.7 Å². The second-order valence-corrected chi connectivity index (χ2v) is 11.4. The summed E-state index contributed by atoms with van der Waals surface area (Å²) in [6.07, 6.45) is 0.344. The zero-order valence-electron chi connectivity index (χ0n) is 23.9. The van der Waals surface area contributed by atoms with Gasteiger partial charge in [-0.1, -0.05) is 83.5 Å². The zero-order chi connectivity index (χ0) is 30.2. The molecule has 1 heterocycles. The summed E-state index contributed by atoms with van der Waals surface area (Å²) in [6.45, 7) is 1.96. The maximum atomic E-state index is 12.6. The topological polar surface area (TPSA) is 90.7 Å². The Balaban J connectivity index is 1.23. The molecule has 0 saturated heterocycles. The van der Waals surface area contributed by atoms with Crippen LogP contribution < -0.4 is 5.32 Å². The minimum Gasteiger partial charge on any atom is -0.469 e. The van der Waals surface area contributed by atoms with Crippen molar-refractivity contribution < 1.29 is 23.6 Å². The predicted molar refractivity (Wildman–Crippen MR) is 173 cm³/mol. The van der Waals surface area contributed by atoms with Crippen molar-refractivity contribution in [2.75, 3.05) is 24.8 Å². The summed E-state index contributed by atoms with van der Waals surface area (Å²) < 4.78 is 15.7. The molecule has 0 radical (unpaired) electrons. The molecule has 0 atom stereocenters. The number of hydrogen-bond donors (Lipinski definition) is 1. The van der Waals surface area contributed by atoms with E-state index >= 15 is 0 Å². The molecule has 1 N–H and O–H groups in total. The molecule has 0 aliphatic carbocycles. The Bertz CT molecular complexity index is 1740. The summed E-state index contributed by atoms with van der Waals surface area (Å²) in [7, 11) is 1.41. The average molecular weight is 615 g/mol. The van der Waals surface area contributed by atoms with Gasteiger partial charge in [0.25, 0.3) is 0 Å². The van der Waals surface area contributed by atoms with E-state index in [9.17, 15) is 9.59 Å². The highest BCUT2D eigenvalue weighted by molar-refractivity contribution is 7.98. The van der Waals surface area contributed by atoms with Crippen LogP contribution in [0.15, 0.2) is 89.5 Å². The Hall–Kier alpha value is -4.27. The van der Waals surface area contributed by atoms with Gasteiger partial charge in [-0.3, -0.25) is 10.1 Å². The van der Waals surface area contributed by atoms with Crippen molar-refractivity contribution in [2.45, 2.75) is 25.5 Å². The lowest BCUT2D eigenvalue weighted by Gasteiger charge is -2.09. The van der Waals surface area contributed by atoms with Gasteiger partial charge < -0.3 is 14.0 Å². The zero-order valence-corrected chi connectivity index (χ0v) is 25.5. The Morgan fingerprint density at radius 1 is 0.930 bits per heavy atom. The molecule has 220 valence electrons. The molecule has 0 aliphatic heterocycles. The molecular formula is C34H31ClN2O5S. The average Bonchev–Trinajstić information content (AvgIpc) is 3.39. The van der Waals surface area contributed by atoms with Crippen molar-refractivity contribution >= 4 is 51.9 Å². The number of fused-ring (bicyclic) bond motifs is 1. The van der Waals surface area contributed by atoms with E-state index in [-0.39, 0.29) is 12.6 Å². The highest BCUT2D eigenvalue weighted by Crippen LogP contribution is 2.34. The third kappa shape index (κ3) is 7.77. The Labute approximate surface area is 259 Å². The number of halogens is 1. The number of esters is 1. The van der Waals surface area contributed by atoms with Gasteiger partial charge in [0.05, 0.1) is 20.1 Å². The lowest BCUT2D eigenvalue weighted by molar-refractivity contribution is -0.140. The fourth-order valence-electron chi connectivity index (χ4n) is 4.61. The van der Waals surface area contributed by atoms with Gasteiger partial charge in [-0.05, 0) is 58.1 Å². The molecule has 0 bridgehead atoms. The van der Waals surface area contributed by atoms with E-state index in [0.717, 1.165) is 44.5 Å². The fourth-order valence-corrected chi connectivity index (χ4v) is 5.73. The Kier molecular flexibility index (Phi) is 10.0. The van der Waals surface area contributed by atoms with Crippen molar-refractivity contribution in [3.63, 3.8) is 0 Å². The van der Waals surface area contributed by atoms with Gasteiger partial charge in [0.15, 0.2) is 5.76 Å². The smallest absolute Gasteiger partial charge is 0.411 e. The maximum absolute atomic E-state index is 12.6. The van der Waals surface area contributed by atoms with Gasteiger partial charge in [-0.2, -0.15) is 11.8 Å². The lowest BCUT2D eigenvalue weighted by Crippen LogP contribution is -2.16. The van der Waals surface area contributed by atoms with Gasteiger partial charge >= 0.3 is 12.1 Å². The van der Waals surface area contributed by atoms with Crippen molar-refractivity contribution in [2.24, 2.45) is 0 Å². The third-order valence-electron chi connectivity index (χ3n) is 6.99. The number of hydrogen-bond acceptors (Lipinski definition) is 7. The minimum absolute atomic E-state index is 0.180. The quantitative estimate of drug-likeness (QED) is 0.117. The van der Waals surface area contributed by atoms with Crippen LogP contribution in [-0.4, -0.2) is 36.7 Å². The van der Waals surface area contributed by atoms with Crippen LogP contribution in [0.4, 0.5) is 10.5 Å².